The van der Waals surface area contributed by atoms with E-state index in [0.29, 0.717) is 13.0 Å². The van der Waals surface area contributed by atoms with Crippen molar-refractivity contribution in [2.45, 2.75) is 32.1 Å². The van der Waals surface area contributed by atoms with Gasteiger partial charge in [-0.2, -0.15) is 0 Å². The van der Waals surface area contributed by atoms with Gasteiger partial charge in [0.2, 0.25) is 5.91 Å². The molecular formula is C19H31N5O2. The normalized spacial score (nSPS) is 23.6. The van der Waals surface area contributed by atoms with Gasteiger partial charge in [0, 0.05) is 78.2 Å². The number of rotatable bonds is 6. The van der Waals surface area contributed by atoms with Crippen molar-refractivity contribution < 1.29 is 9.53 Å². The second-order valence-electron chi connectivity index (χ2n) is 7.78. The van der Waals surface area contributed by atoms with E-state index in [0.717, 1.165) is 57.1 Å². The highest BCUT2D eigenvalue weighted by molar-refractivity contribution is 5.77. The largest absolute Gasteiger partial charge is 0.385 e. The lowest BCUT2D eigenvalue weighted by molar-refractivity contribution is -0.138. The molecule has 1 amide bonds. The summed E-state index contributed by atoms with van der Waals surface area (Å²) in [6.07, 6.45) is 8.35. The lowest BCUT2D eigenvalue weighted by Crippen LogP contribution is -2.54. The smallest absolute Gasteiger partial charge is 0.222 e. The Balaban J connectivity index is 1.74. The summed E-state index contributed by atoms with van der Waals surface area (Å²) in [4.78, 5) is 27.9. The number of likely N-dealkylation sites (tertiary alicyclic amines) is 1. The Morgan fingerprint density at radius 3 is 2.81 bits per heavy atom. The number of amides is 1. The SMILES string of the molecule is COCCCN1C[C@@]2(CCCN(c3nccnc3N(C)C)C2)CCC1=O. The van der Waals surface area contributed by atoms with Crippen molar-refractivity contribution in [3.05, 3.63) is 12.4 Å². The highest BCUT2D eigenvalue weighted by Gasteiger charge is 2.42. The van der Waals surface area contributed by atoms with Crippen LogP contribution in [0.4, 0.5) is 11.6 Å². The molecule has 3 heterocycles. The molecule has 0 bridgehead atoms. The van der Waals surface area contributed by atoms with Crippen LogP contribution in [0, 0.1) is 5.41 Å². The summed E-state index contributed by atoms with van der Waals surface area (Å²) in [6, 6.07) is 0. The second kappa shape index (κ2) is 8.20. The lowest BCUT2D eigenvalue weighted by Gasteiger charge is -2.48. The van der Waals surface area contributed by atoms with E-state index >= 15 is 0 Å². The van der Waals surface area contributed by atoms with Gasteiger partial charge in [0.25, 0.3) is 0 Å². The first-order valence-corrected chi connectivity index (χ1v) is 9.55. The van der Waals surface area contributed by atoms with Gasteiger partial charge in [-0.05, 0) is 25.7 Å². The maximum absolute atomic E-state index is 12.4. The van der Waals surface area contributed by atoms with Gasteiger partial charge in [-0.25, -0.2) is 9.97 Å². The Kier molecular flexibility index (Phi) is 5.96. The number of methoxy groups -OCH3 is 1. The Morgan fingerprint density at radius 1 is 1.23 bits per heavy atom. The molecule has 26 heavy (non-hydrogen) atoms. The van der Waals surface area contributed by atoms with Crippen LogP contribution in [0.5, 0.6) is 0 Å². The van der Waals surface area contributed by atoms with Gasteiger partial charge in [-0.1, -0.05) is 0 Å². The van der Waals surface area contributed by atoms with Crippen molar-refractivity contribution in [3.63, 3.8) is 0 Å². The highest BCUT2D eigenvalue weighted by atomic mass is 16.5. The highest BCUT2D eigenvalue weighted by Crippen LogP contribution is 2.41. The summed E-state index contributed by atoms with van der Waals surface area (Å²) in [7, 11) is 5.72. The topological polar surface area (TPSA) is 61.8 Å². The van der Waals surface area contributed by atoms with Crippen molar-refractivity contribution in [2.24, 2.45) is 5.41 Å². The molecule has 1 aromatic heterocycles. The number of anilines is 2. The fourth-order valence-corrected chi connectivity index (χ4v) is 4.29. The summed E-state index contributed by atoms with van der Waals surface area (Å²) in [6.45, 7) is 4.29. The minimum absolute atomic E-state index is 0.167. The Morgan fingerprint density at radius 2 is 2.04 bits per heavy atom. The average molecular weight is 361 g/mol. The van der Waals surface area contributed by atoms with Gasteiger partial charge in [0.1, 0.15) is 0 Å². The van der Waals surface area contributed by atoms with Crippen LogP contribution in [-0.2, 0) is 9.53 Å². The third kappa shape index (κ3) is 4.09. The van der Waals surface area contributed by atoms with Crippen LogP contribution in [0.25, 0.3) is 0 Å². The maximum Gasteiger partial charge on any atom is 0.222 e. The Hall–Kier alpha value is -1.89. The maximum atomic E-state index is 12.4. The number of nitrogens with zero attached hydrogens (tertiary/aromatic N) is 5. The van der Waals surface area contributed by atoms with E-state index in [9.17, 15) is 4.79 Å². The molecule has 2 fully saturated rings. The molecule has 1 aromatic rings. The van der Waals surface area contributed by atoms with E-state index in [-0.39, 0.29) is 11.3 Å². The van der Waals surface area contributed by atoms with E-state index in [1.54, 1.807) is 19.5 Å². The van der Waals surface area contributed by atoms with Crippen molar-refractivity contribution in [3.8, 4) is 0 Å². The van der Waals surface area contributed by atoms with Crippen LogP contribution >= 0.6 is 0 Å². The Bertz CT molecular complexity index is 624. The summed E-state index contributed by atoms with van der Waals surface area (Å²) in [5.41, 5.74) is 0.167. The predicted molar refractivity (Wildman–Crippen MR) is 103 cm³/mol. The van der Waals surface area contributed by atoms with Crippen LogP contribution in [0.2, 0.25) is 0 Å². The molecule has 0 saturated carbocycles. The molecule has 7 nitrogen and oxygen atoms in total. The van der Waals surface area contributed by atoms with Gasteiger partial charge in [-0.15, -0.1) is 0 Å². The molecule has 144 valence electrons. The van der Waals surface area contributed by atoms with E-state index in [4.69, 9.17) is 4.74 Å². The second-order valence-corrected chi connectivity index (χ2v) is 7.78. The molecule has 0 aliphatic carbocycles. The van der Waals surface area contributed by atoms with Crippen LogP contribution in [0.3, 0.4) is 0 Å². The number of aromatic nitrogens is 2. The fraction of sp³-hybridized carbons (Fsp3) is 0.737. The molecular weight excluding hydrogens is 330 g/mol. The molecule has 2 saturated heterocycles. The molecule has 0 unspecified atom stereocenters. The number of carbonyl (C=O) groups is 1. The number of ether oxygens (including phenoxy) is 1. The molecule has 0 radical (unpaired) electrons. The zero-order chi connectivity index (χ0) is 18.6. The summed E-state index contributed by atoms with van der Waals surface area (Å²) in [5, 5.41) is 0. The van der Waals surface area contributed by atoms with Crippen LogP contribution in [-0.4, -0.2) is 74.8 Å². The van der Waals surface area contributed by atoms with Gasteiger partial charge < -0.3 is 19.4 Å². The zero-order valence-corrected chi connectivity index (χ0v) is 16.3. The molecule has 7 heteroatoms. The number of piperidine rings is 2. The molecule has 2 aliphatic rings. The van der Waals surface area contributed by atoms with Crippen LogP contribution < -0.4 is 9.80 Å². The number of carbonyl (C=O) groups excluding carboxylic acids is 1. The molecule has 0 N–H and O–H groups in total. The molecule has 1 spiro atoms. The van der Waals surface area contributed by atoms with E-state index in [1.165, 1.54) is 6.42 Å². The van der Waals surface area contributed by atoms with E-state index < -0.39 is 0 Å². The fourth-order valence-electron chi connectivity index (χ4n) is 4.29. The average Bonchev–Trinajstić information content (AvgIpc) is 2.65. The van der Waals surface area contributed by atoms with Gasteiger partial charge in [0.05, 0.1) is 0 Å². The molecule has 0 aromatic carbocycles. The Labute approximate surface area is 156 Å². The van der Waals surface area contributed by atoms with E-state index in [1.807, 2.05) is 19.0 Å². The monoisotopic (exact) mass is 361 g/mol. The first-order valence-electron chi connectivity index (χ1n) is 9.55. The van der Waals surface area contributed by atoms with Crippen molar-refractivity contribution in [1.82, 2.24) is 14.9 Å². The minimum atomic E-state index is 0.167. The van der Waals surface area contributed by atoms with E-state index in [2.05, 4.69) is 19.8 Å². The zero-order valence-electron chi connectivity index (χ0n) is 16.3. The summed E-state index contributed by atoms with van der Waals surface area (Å²) < 4.78 is 5.15. The summed E-state index contributed by atoms with van der Waals surface area (Å²) in [5.74, 6) is 2.16. The minimum Gasteiger partial charge on any atom is -0.385 e. The van der Waals surface area contributed by atoms with Gasteiger partial charge in [-0.3, -0.25) is 4.79 Å². The predicted octanol–water partition coefficient (Wildman–Crippen LogP) is 1.79. The van der Waals surface area contributed by atoms with Crippen molar-refractivity contribution >= 4 is 17.5 Å². The van der Waals surface area contributed by atoms with Crippen molar-refractivity contribution in [2.75, 3.05) is 63.8 Å². The first kappa shape index (κ1) is 18.9. The standard InChI is InChI=1S/C19H31N5O2/c1-22(2)17-18(21-10-9-20-17)24-11-4-7-19(15-24)8-6-16(25)23(14-19)12-5-13-26-3/h9-10H,4-8,11-15H2,1-3H3/t19-/m1/s1. The first-order chi connectivity index (χ1) is 12.5. The van der Waals surface area contributed by atoms with Crippen LogP contribution in [0.15, 0.2) is 12.4 Å². The molecule has 2 aliphatic heterocycles. The third-order valence-electron chi connectivity index (χ3n) is 5.57. The van der Waals surface area contributed by atoms with Crippen molar-refractivity contribution in [1.29, 1.82) is 0 Å². The molecule has 1 atom stereocenters. The third-order valence-corrected chi connectivity index (χ3v) is 5.57. The lowest BCUT2D eigenvalue weighted by atomic mass is 9.73. The van der Waals surface area contributed by atoms with Gasteiger partial charge >= 0.3 is 0 Å². The number of hydrogen-bond acceptors (Lipinski definition) is 6. The quantitative estimate of drug-likeness (QED) is 0.720. The molecule has 3 rings (SSSR count). The number of hydrogen-bond donors (Lipinski definition) is 0. The van der Waals surface area contributed by atoms with Gasteiger partial charge in [0.15, 0.2) is 11.6 Å². The summed E-state index contributed by atoms with van der Waals surface area (Å²) >= 11 is 0. The van der Waals surface area contributed by atoms with Crippen LogP contribution in [0.1, 0.15) is 32.1 Å².